The molecule has 0 bridgehead atoms. The number of rotatable bonds is 9. The third-order valence-electron chi connectivity index (χ3n) is 5.05. The Morgan fingerprint density at radius 3 is 2.57 bits per heavy atom. The summed E-state index contributed by atoms with van der Waals surface area (Å²) in [6, 6.07) is 13.2. The van der Waals surface area contributed by atoms with Gasteiger partial charge in [-0.2, -0.15) is 0 Å². The number of nitrogens with zero attached hydrogens (tertiary/aromatic N) is 2. The fraction of sp³-hybridized carbons (Fsp3) is 0.429. The molecule has 0 amide bonds. The molecule has 2 aromatic rings. The Bertz CT molecular complexity index is 913. The van der Waals surface area contributed by atoms with Crippen LogP contribution in [0.1, 0.15) is 34.1 Å². The van der Waals surface area contributed by atoms with Gasteiger partial charge in [-0.25, -0.2) is 17.9 Å². The van der Waals surface area contributed by atoms with Crippen molar-refractivity contribution >= 4 is 16.0 Å². The van der Waals surface area contributed by atoms with Crippen LogP contribution in [-0.2, 0) is 26.0 Å². The minimum atomic E-state index is -3.49. The zero-order chi connectivity index (χ0) is 21.4. The smallest absolute Gasteiger partial charge is 0.339 e. The second-order valence-corrected chi connectivity index (χ2v) is 8.96. The summed E-state index contributed by atoms with van der Waals surface area (Å²) in [6.07, 6.45) is 1.85. The van der Waals surface area contributed by atoms with Crippen molar-refractivity contribution in [3.05, 3.63) is 65.5 Å². The summed E-state index contributed by atoms with van der Waals surface area (Å²) >= 11 is 0. The minimum absolute atomic E-state index is 0.00413. The van der Waals surface area contributed by atoms with Crippen molar-refractivity contribution in [2.75, 3.05) is 39.2 Å². The quantitative estimate of drug-likeness (QED) is 0.602. The van der Waals surface area contributed by atoms with E-state index in [4.69, 9.17) is 4.74 Å². The molecule has 8 nitrogen and oxygen atoms in total. The lowest BCUT2D eigenvalue weighted by molar-refractivity contribution is 0.0154. The first kappa shape index (κ1) is 22.4. The number of carbonyl (C=O) groups excluding carboxylic acids is 1. The Labute approximate surface area is 177 Å². The molecule has 0 aliphatic carbocycles. The minimum Gasteiger partial charge on any atom is -0.465 e. The van der Waals surface area contributed by atoms with E-state index in [0.717, 1.165) is 18.7 Å². The van der Waals surface area contributed by atoms with E-state index < -0.39 is 16.0 Å². The van der Waals surface area contributed by atoms with E-state index in [1.807, 2.05) is 30.3 Å². The molecule has 1 atom stereocenters. The molecule has 1 unspecified atom stereocenters. The predicted octanol–water partition coefficient (Wildman–Crippen LogP) is 1.75. The summed E-state index contributed by atoms with van der Waals surface area (Å²) in [5.41, 5.74) is 1.95. The van der Waals surface area contributed by atoms with Crippen molar-refractivity contribution in [3.63, 3.8) is 0 Å². The molecule has 3 rings (SSSR count). The van der Waals surface area contributed by atoms with E-state index >= 15 is 0 Å². The van der Waals surface area contributed by atoms with Gasteiger partial charge in [-0.05, 0) is 24.1 Å². The van der Waals surface area contributed by atoms with Crippen LogP contribution in [0.3, 0.4) is 0 Å². The number of esters is 1. The number of nitrogens with one attached hydrogen (secondary N) is 1. The number of carbonyl (C=O) groups is 1. The van der Waals surface area contributed by atoms with Crippen molar-refractivity contribution in [1.82, 2.24) is 14.6 Å². The molecule has 1 aromatic carbocycles. The van der Waals surface area contributed by atoms with Gasteiger partial charge in [0.1, 0.15) is 0 Å². The van der Waals surface area contributed by atoms with Crippen molar-refractivity contribution in [2.45, 2.75) is 19.0 Å². The van der Waals surface area contributed by atoms with Gasteiger partial charge in [0.05, 0.1) is 43.9 Å². The third kappa shape index (κ3) is 6.33. The fourth-order valence-corrected chi connectivity index (χ4v) is 4.46. The van der Waals surface area contributed by atoms with Gasteiger partial charge < -0.3 is 9.47 Å². The standard InChI is InChI=1S/C21H27N3O5S/c1-28-21(25)18-7-8-19(22-15-18)16-23-30(26,27)14-9-20(17-5-3-2-4-6-17)24-10-12-29-13-11-24/h2-8,15,20,23H,9-14,16H2,1H3. The van der Waals surface area contributed by atoms with Crippen LogP contribution >= 0.6 is 0 Å². The van der Waals surface area contributed by atoms with Gasteiger partial charge in [0, 0.05) is 25.3 Å². The van der Waals surface area contributed by atoms with Crippen molar-refractivity contribution in [2.24, 2.45) is 0 Å². The molecule has 162 valence electrons. The number of morpholine rings is 1. The molecule has 1 fully saturated rings. The summed E-state index contributed by atoms with van der Waals surface area (Å²) in [5.74, 6) is -0.478. The second kappa shape index (κ2) is 10.6. The van der Waals surface area contributed by atoms with Crippen LogP contribution in [0.2, 0.25) is 0 Å². The molecule has 0 spiro atoms. The topological polar surface area (TPSA) is 97.8 Å². The molecular weight excluding hydrogens is 406 g/mol. The van der Waals surface area contributed by atoms with E-state index in [-0.39, 0.29) is 18.3 Å². The number of methoxy groups -OCH3 is 1. The highest BCUT2D eigenvalue weighted by atomic mass is 32.2. The number of hydrogen-bond acceptors (Lipinski definition) is 7. The molecule has 0 saturated carbocycles. The van der Waals surface area contributed by atoms with Crippen molar-refractivity contribution < 1.29 is 22.7 Å². The first-order chi connectivity index (χ1) is 14.5. The number of pyridine rings is 1. The molecule has 9 heteroatoms. The zero-order valence-electron chi connectivity index (χ0n) is 17.0. The monoisotopic (exact) mass is 433 g/mol. The molecule has 0 radical (unpaired) electrons. The lowest BCUT2D eigenvalue weighted by atomic mass is 10.0. The van der Waals surface area contributed by atoms with E-state index in [1.165, 1.54) is 13.3 Å². The van der Waals surface area contributed by atoms with E-state index in [2.05, 4.69) is 19.3 Å². The van der Waals surface area contributed by atoms with Crippen LogP contribution in [0.4, 0.5) is 0 Å². The van der Waals surface area contributed by atoms with Gasteiger partial charge in [-0.3, -0.25) is 9.88 Å². The van der Waals surface area contributed by atoms with Crippen molar-refractivity contribution in [3.8, 4) is 0 Å². The van der Waals surface area contributed by atoms with Gasteiger partial charge in [0.15, 0.2) is 0 Å². The average Bonchev–Trinajstić information content (AvgIpc) is 2.79. The molecule has 1 aromatic heterocycles. The first-order valence-electron chi connectivity index (χ1n) is 9.86. The van der Waals surface area contributed by atoms with Crippen LogP contribution in [0.25, 0.3) is 0 Å². The Morgan fingerprint density at radius 1 is 1.20 bits per heavy atom. The SMILES string of the molecule is COC(=O)c1ccc(CNS(=O)(=O)CCC(c2ccccc2)N2CCOCC2)nc1. The van der Waals surface area contributed by atoms with Crippen LogP contribution in [0.5, 0.6) is 0 Å². The summed E-state index contributed by atoms with van der Waals surface area (Å²) in [5, 5.41) is 0. The molecule has 1 saturated heterocycles. The Balaban J connectivity index is 1.59. The summed E-state index contributed by atoms with van der Waals surface area (Å²) in [4.78, 5) is 17.8. The Morgan fingerprint density at radius 2 is 1.93 bits per heavy atom. The fourth-order valence-electron chi connectivity index (χ4n) is 3.41. The highest BCUT2D eigenvalue weighted by Crippen LogP contribution is 2.25. The van der Waals surface area contributed by atoms with Crippen LogP contribution in [0, 0.1) is 0 Å². The van der Waals surface area contributed by atoms with E-state index in [1.54, 1.807) is 12.1 Å². The van der Waals surface area contributed by atoms with Crippen LogP contribution < -0.4 is 4.72 Å². The number of hydrogen-bond donors (Lipinski definition) is 1. The molecule has 30 heavy (non-hydrogen) atoms. The number of benzene rings is 1. The first-order valence-corrected chi connectivity index (χ1v) is 11.5. The maximum atomic E-state index is 12.6. The Kier molecular flexibility index (Phi) is 7.92. The van der Waals surface area contributed by atoms with Gasteiger partial charge in [-0.1, -0.05) is 30.3 Å². The Hall–Kier alpha value is -2.33. The lowest BCUT2D eigenvalue weighted by Crippen LogP contribution is -2.40. The average molecular weight is 434 g/mol. The molecular formula is C21H27N3O5S. The van der Waals surface area contributed by atoms with Gasteiger partial charge in [0.2, 0.25) is 10.0 Å². The number of ether oxygens (including phenoxy) is 2. The highest BCUT2D eigenvalue weighted by Gasteiger charge is 2.24. The molecule has 1 N–H and O–H groups in total. The summed E-state index contributed by atoms with van der Waals surface area (Å²) in [7, 11) is -2.20. The van der Waals surface area contributed by atoms with Gasteiger partial charge in [0.25, 0.3) is 0 Å². The number of sulfonamides is 1. The largest absolute Gasteiger partial charge is 0.465 e. The second-order valence-electron chi connectivity index (χ2n) is 7.03. The van der Waals surface area contributed by atoms with Gasteiger partial charge in [-0.15, -0.1) is 0 Å². The third-order valence-corrected chi connectivity index (χ3v) is 6.41. The molecule has 1 aliphatic rings. The maximum absolute atomic E-state index is 12.6. The highest BCUT2D eigenvalue weighted by molar-refractivity contribution is 7.89. The lowest BCUT2D eigenvalue weighted by Gasteiger charge is -2.34. The van der Waals surface area contributed by atoms with Crippen LogP contribution in [0.15, 0.2) is 48.7 Å². The van der Waals surface area contributed by atoms with E-state index in [9.17, 15) is 13.2 Å². The zero-order valence-corrected chi connectivity index (χ0v) is 17.8. The summed E-state index contributed by atoms with van der Waals surface area (Å²) < 4.78 is 37.8. The normalized spacial score (nSPS) is 16.2. The summed E-state index contributed by atoms with van der Waals surface area (Å²) in [6.45, 7) is 2.94. The van der Waals surface area contributed by atoms with Crippen molar-refractivity contribution in [1.29, 1.82) is 0 Å². The van der Waals surface area contributed by atoms with Crippen LogP contribution in [-0.4, -0.2) is 63.4 Å². The number of aromatic nitrogens is 1. The predicted molar refractivity (Wildman–Crippen MR) is 112 cm³/mol. The van der Waals surface area contributed by atoms with Gasteiger partial charge >= 0.3 is 5.97 Å². The molecule has 2 heterocycles. The molecule has 1 aliphatic heterocycles. The van der Waals surface area contributed by atoms with E-state index in [0.29, 0.717) is 30.9 Å². The maximum Gasteiger partial charge on any atom is 0.339 e.